The maximum absolute atomic E-state index is 11.8. The second-order valence-corrected chi connectivity index (χ2v) is 6.14. The van der Waals surface area contributed by atoms with Crippen LogP contribution in [-0.4, -0.2) is 44.5 Å². The Morgan fingerprint density at radius 1 is 1.32 bits per heavy atom. The molecule has 0 spiro atoms. The van der Waals surface area contributed by atoms with Gasteiger partial charge in [0.1, 0.15) is 5.75 Å². The van der Waals surface area contributed by atoms with Crippen molar-refractivity contribution in [3.05, 3.63) is 29.8 Å². The summed E-state index contributed by atoms with van der Waals surface area (Å²) in [4.78, 5) is 0. The lowest BCUT2D eigenvalue weighted by Crippen LogP contribution is -2.40. The predicted molar refractivity (Wildman–Crippen MR) is 75.0 cm³/mol. The van der Waals surface area contributed by atoms with Crippen LogP contribution in [0.4, 0.5) is 0 Å². The third-order valence-electron chi connectivity index (χ3n) is 2.72. The summed E-state index contributed by atoms with van der Waals surface area (Å²) in [6, 6.07) is 6.69. The smallest absolute Gasteiger partial charge is 0.279 e. The summed E-state index contributed by atoms with van der Waals surface area (Å²) in [5.41, 5.74) is 6.31. The fourth-order valence-electron chi connectivity index (χ4n) is 1.53. The summed E-state index contributed by atoms with van der Waals surface area (Å²) < 4.78 is 27.4. The monoisotopic (exact) mass is 287 g/mol. The van der Waals surface area contributed by atoms with Crippen molar-refractivity contribution < 1.29 is 13.5 Å². The first kappa shape index (κ1) is 15.9. The van der Waals surface area contributed by atoms with Crippen LogP contribution in [0.3, 0.4) is 0 Å². The van der Waals surface area contributed by atoms with Gasteiger partial charge in [-0.1, -0.05) is 12.1 Å². The molecule has 108 valence electrons. The van der Waals surface area contributed by atoms with Crippen molar-refractivity contribution in [1.29, 1.82) is 0 Å². The first-order valence-electron chi connectivity index (χ1n) is 6.14. The Morgan fingerprint density at radius 3 is 2.53 bits per heavy atom. The second kappa shape index (κ2) is 7.44. The Bertz CT molecular complexity index is 473. The molecular formula is C12H21N3O3S. The fourth-order valence-corrected chi connectivity index (χ4v) is 2.48. The first-order chi connectivity index (χ1) is 8.95. The molecule has 0 aromatic heterocycles. The molecule has 1 aromatic rings. The fraction of sp³-hybridized carbons (Fsp3) is 0.500. The Labute approximate surface area is 114 Å². The van der Waals surface area contributed by atoms with Gasteiger partial charge >= 0.3 is 0 Å². The lowest BCUT2D eigenvalue weighted by Gasteiger charge is -2.17. The van der Waals surface area contributed by atoms with E-state index in [0.717, 1.165) is 5.56 Å². The molecule has 0 unspecified atom stereocenters. The van der Waals surface area contributed by atoms with Gasteiger partial charge < -0.3 is 10.8 Å². The highest BCUT2D eigenvalue weighted by atomic mass is 32.2. The zero-order valence-electron chi connectivity index (χ0n) is 11.0. The molecular weight excluding hydrogens is 266 g/mol. The van der Waals surface area contributed by atoms with Crippen LogP contribution in [0.5, 0.6) is 5.75 Å². The Balaban J connectivity index is 2.41. The number of nitrogens with two attached hydrogens (primary N) is 1. The SMILES string of the molecule is CN(CCCN)S(=O)(=O)NCCc1ccc(O)cc1. The van der Waals surface area contributed by atoms with Gasteiger partial charge in [0, 0.05) is 20.1 Å². The Hall–Kier alpha value is -1.15. The molecule has 1 rings (SSSR count). The van der Waals surface area contributed by atoms with Crippen molar-refractivity contribution in [2.75, 3.05) is 26.7 Å². The zero-order chi connectivity index (χ0) is 14.3. The first-order valence-corrected chi connectivity index (χ1v) is 7.58. The largest absolute Gasteiger partial charge is 0.508 e. The van der Waals surface area contributed by atoms with E-state index in [-0.39, 0.29) is 5.75 Å². The second-order valence-electron chi connectivity index (χ2n) is 4.28. The van der Waals surface area contributed by atoms with Crippen molar-refractivity contribution in [2.45, 2.75) is 12.8 Å². The van der Waals surface area contributed by atoms with Gasteiger partial charge in [0.25, 0.3) is 10.2 Å². The van der Waals surface area contributed by atoms with Crippen LogP contribution in [0.2, 0.25) is 0 Å². The molecule has 7 heteroatoms. The molecule has 0 amide bonds. The van der Waals surface area contributed by atoms with Gasteiger partial charge in [-0.25, -0.2) is 4.72 Å². The van der Waals surface area contributed by atoms with E-state index < -0.39 is 10.2 Å². The number of phenolic OH excluding ortho intramolecular Hbond substituents is 1. The lowest BCUT2D eigenvalue weighted by molar-refractivity contribution is 0.453. The van der Waals surface area contributed by atoms with Gasteiger partial charge in [-0.15, -0.1) is 0 Å². The molecule has 0 aliphatic heterocycles. The van der Waals surface area contributed by atoms with Gasteiger partial charge in [0.05, 0.1) is 0 Å². The number of hydrogen-bond acceptors (Lipinski definition) is 4. The van der Waals surface area contributed by atoms with Crippen molar-refractivity contribution in [2.24, 2.45) is 5.73 Å². The molecule has 0 bridgehead atoms. The van der Waals surface area contributed by atoms with Gasteiger partial charge in [0.15, 0.2) is 0 Å². The number of rotatable bonds is 8. The third-order valence-corrected chi connectivity index (χ3v) is 4.29. The number of nitrogens with zero attached hydrogens (tertiary/aromatic N) is 1. The highest BCUT2D eigenvalue weighted by molar-refractivity contribution is 7.87. The van der Waals surface area contributed by atoms with E-state index in [4.69, 9.17) is 10.8 Å². The number of nitrogens with one attached hydrogen (secondary N) is 1. The van der Waals surface area contributed by atoms with E-state index in [0.29, 0.717) is 32.5 Å². The predicted octanol–water partition coefficient (Wildman–Crippen LogP) is 0.0497. The molecule has 6 nitrogen and oxygen atoms in total. The summed E-state index contributed by atoms with van der Waals surface area (Å²) in [5.74, 6) is 0.200. The van der Waals surface area contributed by atoms with Gasteiger partial charge in [-0.05, 0) is 37.1 Å². The summed E-state index contributed by atoms with van der Waals surface area (Å²) in [5, 5.41) is 9.14. The summed E-state index contributed by atoms with van der Waals surface area (Å²) in [6.45, 7) is 1.19. The van der Waals surface area contributed by atoms with Crippen LogP contribution in [-0.2, 0) is 16.6 Å². The van der Waals surface area contributed by atoms with Crippen LogP contribution in [0.1, 0.15) is 12.0 Å². The maximum atomic E-state index is 11.8. The van der Waals surface area contributed by atoms with E-state index >= 15 is 0 Å². The minimum absolute atomic E-state index is 0.200. The van der Waals surface area contributed by atoms with Crippen LogP contribution < -0.4 is 10.5 Å². The summed E-state index contributed by atoms with van der Waals surface area (Å²) in [7, 11) is -1.91. The molecule has 4 N–H and O–H groups in total. The number of aromatic hydroxyl groups is 1. The van der Waals surface area contributed by atoms with E-state index in [1.807, 2.05) is 0 Å². The van der Waals surface area contributed by atoms with Crippen molar-refractivity contribution in [1.82, 2.24) is 9.03 Å². The van der Waals surface area contributed by atoms with Crippen molar-refractivity contribution in [3.63, 3.8) is 0 Å². The van der Waals surface area contributed by atoms with Gasteiger partial charge in [-0.3, -0.25) is 0 Å². The molecule has 0 atom stereocenters. The average molecular weight is 287 g/mol. The Morgan fingerprint density at radius 2 is 1.95 bits per heavy atom. The van der Waals surface area contributed by atoms with Crippen molar-refractivity contribution >= 4 is 10.2 Å². The Kier molecular flexibility index (Phi) is 6.23. The lowest BCUT2D eigenvalue weighted by atomic mass is 10.1. The molecule has 0 aliphatic rings. The molecule has 0 saturated carbocycles. The van der Waals surface area contributed by atoms with Gasteiger partial charge in [0.2, 0.25) is 0 Å². The minimum atomic E-state index is -3.43. The number of hydrogen-bond donors (Lipinski definition) is 3. The standard InChI is InChI=1S/C12H21N3O3S/c1-15(10-2-8-13)19(17,18)14-9-7-11-3-5-12(16)6-4-11/h3-6,14,16H,2,7-10,13H2,1H3. The number of phenols is 1. The summed E-state index contributed by atoms with van der Waals surface area (Å²) in [6.07, 6.45) is 1.21. The maximum Gasteiger partial charge on any atom is 0.279 e. The van der Waals surface area contributed by atoms with E-state index in [1.54, 1.807) is 24.3 Å². The molecule has 19 heavy (non-hydrogen) atoms. The highest BCUT2D eigenvalue weighted by Gasteiger charge is 2.15. The molecule has 0 saturated heterocycles. The van der Waals surface area contributed by atoms with Crippen LogP contribution in [0.15, 0.2) is 24.3 Å². The molecule has 1 aromatic carbocycles. The quantitative estimate of drug-likeness (QED) is 0.629. The molecule has 0 fully saturated rings. The van der Waals surface area contributed by atoms with Crippen LogP contribution >= 0.6 is 0 Å². The molecule has 0 aliphatic carbocycles. The average Bonchev–Trinajstić information content (AvgIpc) is 2.38. The topological polar surface area (TPSA) is 95.7 Å². The van der Waals surface area contributed by atoms with E-state index in [1.165, 1.54) is 11.4 Å². The molecule has 0 radical (unpaired) electrons. The highest BCUT2D eigenvalue weighted by Crippen LogP contribution is 2.09. The van der Waals surface area contributed by atoms with E-state index in [2.05, 4.69) is 4.72 Å². The van der Waals surface area contributed by atoms with E-state index in [9.17, 15) is 8.42 Å². The van der Waals surface area contributed by atoms with Crippen molar-refractivity contribution in [3.8, 4) is 5.75 Å². The van der Waals surface area contributed by atoms with Crippen LogP contribution in [0, 0.1) is 0 Å². The minimum Gasteiger partial charge on any atom is -0.508 e. The third kappa shape index (κ3) is 5.56. The van der Waals surface area contributed by atoms with Gasteiger partial charge in [-0.2, -0.15) is 12.7 Å². The van der Waals surface area contributed by atoms with Crippen LogP contribution in [0.25, 0.3) is 0 Å². The number of benzene rings is 1. The summed E-state index contributed by atoms with van der Waals surface area (Å²) >= 11 is 0. The molecule has 0 heterocycles. The zero-order valence-corrected chi connectivity index (χ0v) is 11.9. The normalized spacial score (nSPS) is 11.9.